The molecule has 0 radical (unpaired) electrons. The molecule has 2 N–H and O–H groups in total. The van der Waals surface area contributed by atoms with E-state index < -0.39 is 0 Å². The topological polar surface area (TPSA) is 85.2 Å². The van der Waals surface area contributed by atoms with Crippen LogP contribution in [0.3, 0.4) is 0 Å². The number of hydrogen-bond acceptors (Lipinski definition) is 4. The van der Waals surface area contributed by atoms with Crippen LogP contribution in [0.5, 0.6) is 0 Å². The molecule has 0 aliphatic carbocycles. The molecule has 7 heteroatoms. The van der Waals surface area contributed by atoms with Crippen molar-refractivity contribution in [1.29, 1.82) is 0 Å². The number of methoxy groups -OCH3 is 1. The fraction of sp³-hybridized carbons (Fsp3) is 0.706. The lowest BCUT2D eigenvalue weighted by molar-refractivity contribution is -0.126. The third-order valence-electron chi connectivity index (χ3n) is 4.61. The monoisotopic (exact) mass is 336 g/mol. The molecule has 0 saturated heterocycles. The van der Waals surface area contributed by atoms with Crippen molar-refractivity contribution in [2.24, 2.45) is 5.92 Å². The van der Waals surface area contributed by atoms with Crippen LogP contribution in [0.15, 0.2) is 6.33 Å². The van der Waals surface area contributed by atoms with E-state index in [1.165, 1.54) is 0 Å². The number of fused-ring (bicyclic) bond motifs is 1. The minimum Gasteiger partial charge on any atom is -0.383 e. The maximum atomic E-state index is 12.4. The maximum Gasteiger partial charge on any atom is 0.271 e. The Bertz CT molecular complexity index is 566. The van der Waals surface area contributed by atoms with Crippen molar-refractivity contribution in [3.63, 3.8) is 0 Å². The first-order valence-corrected chi connectivity index (χ1v) is 8.72. The Hall–Kier alpha value is -1.89. The third kappa shape index (κ3) is 4.35. The van der Waals surface area contributed by atoms with Crippen molar-refractivity contribution in [2.75, 3.05) is 20.3 Å². The van der Waals surface area contributed by atoms with Crippen molar-refractivity contribution < 1.29 is 14.3 Å². The second kappa shape index (κ2) is 8.82. The summed E-state index contributed by atoms with van der Waals surface area (Å²) in [6.45, 7) is 5.72. The smallest absolute Gasteiger partial charge is 0.271 e. The molecule has 7 nitrogen and oxygen atoms in total. The van der Waals surface area contributed by atoms with Gasteiger partial charge in [-0.1, -0.05) is 13.8 Å². The van der Waals surface area contributed by atoms with Gasteiger partial charge in [0.05, 0.1) is 24.5 Å². The van der Waals surface area contributed by atoms with Gasteiger partial charge < -0.3 is 19.9 Å². The number of nitrogens with zero attached hydrogens (tertiary/aromatic N) is 2. The molecule has 24 heavy (non-hydrogen) atoms. The van der Waals surface area contributed by atoms with Crippen molar-refractivity contribution in [3.8, 4) is 0 Å². The van der Waals surface area contributed by atoms with Gasteiger partial charge in [0.15, 0.2) is 0 Å². The molecule has 2 rings (SSSR count). The summed E-state index contributed by atoms with van der Waals surface area (Å²) in [5, 5.41) is 5.91. The summed E-state index contributed by atoms with van der Waals surface area (Å²) in [6, 6.07) is 0.178. The highest BCUT2D eigenvalue weighted by atomic mass is 16.5. The van der Waals surface area contributed by atoms with Crippen LogP contribution < -0.4 is 10.6 Å². The van der Waals surface area contributed by atoms with Crippen LogP contribution in [0.2, 0.25) is 0 Å². The van der Waals surface area contributed by atoms with Gasteiger partial charge in [-0.2, -0.15) is 0 Å². The van der Waals surface area contributed by atoms with Crippen LogP contribution in [-0.4, -0.2) is 47.7 Å². The maximum absolute atomic E-state index is 12.4. The van der Waals surface area contributed by atoms with E-state index in [9.17, 15) is 9.59 Å². The van der Waals surface area contributed by atoms with Gasteiger partial charge in [-0.3, -0.25) is 9.59 Å². The quantitative estimate of drug-likeness (QED) is 0.697. The molecule has 1 aliphatic heterocycles. The lowest BCUT2D eigenvalue weighted by Gasteiger charge is -2.24. The molecule has 2 amide bonds. The highest BCUT2D eigenvalue weighted by molar-refractivity contribution is 5.93. The van der Waals surface area contributed by atoms with E-state index in [0.717, 1.165) is 25.0 Å². The van der Waals surface area contributed by atoms with Gasteiger partial charge in [0.1, 0.15) is 5.69 Å². The van der Waals surface area contributed by atoms with Crippen LogP contribution in [0, 0.1) is 5.92 Å². The second-order valence-corrected chi connectivity index (χ2v) is 6.20. The molecule has 0 saturated carbocycles. The number of ether oxygens (including phenoxy) is 1. The first-order chi connectivity index (χ1) is 11.6. The minimum atomic E-state index is -0.111. The largest absolute Gasteiger partial charge is 0.383 e. The fourth-order valence-corrected chi connectivity index (χ4v) is 3.04. The number of rotatable bonds is 8. The Morgan fingerprint density at radius 2 is 2.17 bits per heavy atom. The predicted molar refractivity (Wildman–Crippen MR) is 90.8 cm³/mol. The Balaban J connectivity index is 1.98. The van der Waals surface area contributed by atoms with Crippen molar-refractivity contribution in [3.05, 3.63) is 17.7 Å². The molecular formula is C17H28N4O3. The Morgan fingerprint density at radius 3 is 2.83 bits per heavy atom. The van der Waals surface area contributed by atoms with Crippen molar-refractivity contribution >= 4 is 11.8 Å². The van der Waals surface area contributed by atoms with Gasteiger partial charge in [-0.05, 0) is 25.7 Å². The van der Waals surface area contributed by atoms with Gasteiger partial charge in [-0.15, -0.1) is 0 Å². The molecule has 1 aliphatic rings. The zero-order chi connectivity index (χ0) is 17.5. The summed E-state index contributed by atoms with van der Waals surface area (Å²) in [5.41, 5.74) is 1.43. The Morgan fingerprint density at radius 1 is 1.42 bits per heavy atom. The average Bonchev–Trinajstić information content (AvgIpc) is 3.02. The first kappa shape index (κ1) is 18.4. The molecular weight excluding hydrogens is 308 g/mol. The van der Waals surface area contributed by atoms with Crippen LogP contribution >= 0.6 is 0 Å². The molecule has 0 spiro atoms. The molecule has 0 aromatic carbocycles. The highest BCUT2D eigenvalue weighted by Gasteiger charge is 2.28. The summed E-state index contributed by atoms with van der Waals surface area (Å²) in [4.78, 5) is 28.9. The molecule has 1 unspecified atom stereocenters. The van der Waals surface area contributed by atoms with Gasteiger partial charge in [0, 0.05) is 26.2 Å². The van der Waals surface area contributed by atoms with Crippen LogP contribution in [0.4, 0.5) is 0 Å². The molecule has 1 aromatic rings. The Kier molecular flexibility index (Phi) is 6.78. The number of carbonyl (C=O) groups excluding carboxylic acids is 2. The number of imidazole rings is 1. The van der Waals surface area contributed by atoms with Gasteiger partial charge in [0.25, 0.3) is 5.91 Å². The average molecular weight is 336 g/mol. The number of hydrogen-bond donors (Lipinski definition) is 2. The zero-order valence-corrected chi connectivity index (χ0v) is 14.8. The molecule has 134 valence electrons. The molecule has 1 atom stereocenters. The standard InChI is InChI=1S/C17H28N4O3/c1-4-13(5-2)20-17(23)15-14-7-6-12(10-21(14)11-19-15)16(22)18-8-9-24-3/h11-13H,4-10H2,1-3H3,(H,18,22)(H,20,23). The molecule has 1 aromatic heterocycles. The molecule has 0 bridgehead atoms. The van der Waals surface area contributed by atoms with E-state index in [1.54, 1.807) is 13.4 Å². The number of aromatic nitrogens is 2. The van der Waals surface area contributed by atoms with E-state index in [4.69, 9.17) is 4.74 Å². The van der Waals surface area contributed by atoms with Gasteiger partial charge in [-0.25, -0.2) is 4.98 Å². The number of nitrogens with one attached hydrogen (secondary N) is 2. The van der Waals surface area contributed by atoms with Crippen LogP contribution in [-0.2, 0) is 22.5 Å². The summed E-state index contributed by atoms with van der Waals surface area (Å²) in [6.07, 6.45) is 4.90. The van der Waals surface area contributed by atoms with Crippen LogP contribution in [0.25, 0.3) is 0 Å². The van der Waals surface area contributed by atoms with E-state index in [2.05, 4.69) is 29.5 Å². The summed E-state index contributed by atoms with van der Waals surface area (Å²) >= 11 is 0. The zero-order valence-electron chi connectivity index (χ0n) is 14.8. The fourth-order valence-electron chi connectivity index (χ4n) is 3.04. The lowest BCUT2D eigenvalue weighted by atomic mass is 9.96. The summed E-state index contributed by atoms with van der Waals surface area (Å²) < 4.78 is 6.88. The number of carbonyl (C=O) groups is 2. The highest BCUT2D eigenvalue weighted by Crippen LogP contribution is 2.22. The van der Waals surface area contributed by atoms with Gasteiger partial charge in [0.2, 0.25) is 5.91 Å². The first-order valence-electron chi connectivity index (χ1n) is 8.72. The molecule has 2 heterocycles. The minimum absolute atomic E-state index is 0.0365. The van der Waals surface area contributed by atoms with Crippen LogP contribution in [0.1, 0.15) is 49.3 Å². The van der Waals surface area contributed by atoms with Crippen molar-refractivity contribution in [1.82, 2.24) is 20.2 Å². The van der Waals surface area contributed by atoms with E-state index in [-0.39, 0.29) is 23.8 Å². The summed E-state index contributed by atoms with van der Waals surface area (Å²) in [7, 11) is 1.61. The van der Waals surface area contributed by atoms with E-state index >= 15 is 0 Å². The predicted octanol–water partition coefficient (Wildman–Crippen LogP) is 1.13. The summed E-state index contributed by atoms with van der Waals surface area (Å²) in [5.74, 6) is -0.159. The van der Waals surface area contributed by atoms with Gasteiger partial charge >= 0.3 is 0 Å². The van der Waals surface area contributed by atoms with E-state index in [0.29, 0.717) is 31.8 Å². The number of amides is 2. The molecule has 0 fully saturated rings. The third-order valence-corrected chi connectivity index (χ3v) is 4.61. The lowest BCUT2D eigenvalue weighted by Crippen LogP contribution is -2.38. The van der Waals surface area contributed by atoms with Crippen molar-refractivity contribution in [2.45, 2.75) is 52.1 Å². The van der Waals surface area contributed by atoms with E-state index in [1.807, 2.05) is 4.57 Å². The Labute approximate surface area is 143 Å². The second-order valence-electron chi connectivity index (χ2n) is 6.20. The SMILES string of the molecule is CCC(CC)NC(=O)c1ncn2c1CCC(C(=O)NCCOC)C2. The normalized spacial score (nSPS) is 16.8.